The zero-order valence-corrected chi connectivity index (χ0v) is 14.1. The van der Waals surface area contributed by atoms with E-state index in [2.05, 4.69) is 5.32 Å². The molecule has 0 bridgehead atoms. The Morgan fingerprint density at radius 2 is 1.92 bits per heavy atom. The van der Waals surface area contributed by atoms with Gasteiger partial charge in [0.25, 0.3) is 0 Å². The van der Waals surface area contributed by atoms with Gasteiger partial charge in [0.2, 0.25) is 5.91 Å². The van der Waals surface area contributed by atoms with Crippen molar-refractivity contribution in [1.29, 1.82) is 0 Å². The fourth-order valence-electron chi connectivity index (χ4n) is 2.90. The largest absolute Gasteiger partial charge is 0.508 e. The predicted molar refractivity (Wildman–Crippen MR) is 96.3 cm³/mol. The van der Waals surface area contributed by atoms with Crippen molar-refractivity contribution in [3.63, 3.8) is 0 Å². The van der Waals surface area contributed by atoms with Crippen LogP contribution in [0.15, 0.2) is 71.3 Å². The molecule has 3 rings (SSSR count). The van der Waals surface area contributed by atoms with Crippen LogP contribution in [0, 0.1) is 6.92 Å². The molecule has 0 radical (unpaired) electrons. The summed E-state index contributed by atoms with van der Waals surface area (Å²) in [6.07, 6.45) is 1.83. The number of hydrogen-bond acceptors (Lipinski definition) is 3. The first-order valence-corrected chi connectivity index (χ1v) is 8.27. The minimum absolute atomic E-state index is 0.0915. The van der Waals surface area contributed by atoms with Gasteiger partial charge in [-0.05, 0) is 30.7 Å². The summed E-state index contributed by atoms with van der Waals surface area (Å²) in [5, 5.41) is 13.2. The maximum atomic E-state index is 12.5. The summed E-state index contributed by atoms with van der Waals surface area (Å²) >= 11 is 0. The van der Waals surface area contributed by atoms with E-state index in [9.17, 15) is 9.90 Å². The molecule has 3 aromatic rings. The van der Waals surface area contributed by atoms with E-state index >= 15 is 0 Å². The van der Waals surface area contributed by atoms with Crippen molar-refractivity contribution in [3.8, 4) is 5.75 Å². The highest BCUT2D eigenvalue weighted by molar-refractivity contribution is 5.77. The summed E-state index contributed by atoms with van der Waals surface area (Å²) in [5.74, 6) is 0.616. The number of rotatable bonds is 6. The number of carbonyl (C=O) groups excluding carboxylic acids is 1. The molecule has 2 aromatic carbocycles. The highest BCUT2D eigenvalue weighted by Crippen LogP contribution is 2.34. The molecule has 0 fully saturated rings. The highest BCUT2D eigenvalue weighted by atomic mass is 16.3. The Morgan fingerprint density at radius 3 is 2.64 bits per heavy atom. The number of phenolic OH excluding ortho intramolecular Hbond substituents is 1. The molecule has 1 atom stereocenters. The molecule has 1 amide bonds. The van der Waals surface area contributed by atoms with Crippen molar-refractivity contribution in [3.05, 3.63) is 89.4 Å². The van der Waals surface area contributed by atoms with Crippen LogP contribution in [0.5, 0.6) is 5.75 Å². The zero-order valence-electron chi connectivity index (χ0n) is 14.1. The molecular weight excluding hydrogens is 314 g/mol. The van der Waals surface area contributed by atoms with Gasteiger partial charge in [0.15, 0.2) is 0 Å². The summed E-state index contributed by atoms with van der Waals surface area (Å²) in [6, 6.07) is 18.9. The molecule has 1 heterocycles. The quantitative estimate of drug-likeness (QED) is 0.712. The van der Waals surface area contributed by atoms with Gasteiger partial charge in [0, 0.05) is 17.9 Å². The molecule has 0 spiro atoms. The Hall–Kier alpha value is -3.01. The lowest BCUT2D eigenvalue weighted by Crippen LogP contribution is -2.24. The first-order chi connectivity index (χ1) is 12.1. The number of aromatic hydroxyl groups is 1. The van der Waals surface area contributed by atoms with E-state index in [1.807, 2.05) is 55.5 Å². The van der Waals surface area contributed by atoms with Gasteiger partial charge in [0.1, 0.15) is 11.5 Å². The number of carbonyl (C=O) groups is 1. The molecule has 0 aliphatic heterocycles. The Kier molecular flexibility index (Phi) is 5.19. The van der Waals surface area contributed by atoms with Crippen molar-refractivity contribution in [2.45, 2.75) is 25.8 Å². The third kappa shape index (κ3) is 4.29. The summed E-state index contributed by atoms with van der Waals surface area (Å²) < 4.78 is 5.24. The Labute approximate surface area is 147 Å². The van der Waals surface area contributed by atoms with Crippen molar-refractivity contribution in [2.24, 2.45) is 0 Å². The predicted octanol–water partition coefficient (Wildman–Crippen LogP) is 4.13. The van der Waals surface area contributed by atoms with Gasteiger partial charge >= 0.3 is 0 Å². The number of phenols is 1. The molecule has 0 aliphatic rings. The maximum Gasteiger partial charge on any atom is 0.221 e. The normalized spacial score (nSPS) is 11.9. The molecule has 1 aromatic heterocycles. The zero-order chi connectivity index (χ0) is 17.6. The smallest absolute Gasteiger partial charge is 0.221 e. The lowest BCUT2D eigenvalue weighted by molar-refractivity contribution is -0.121. The average Bonchev–Trinajstić information content (AvgIpc) is 3.14. The van der Waals surface area contributed by atoms with Crippen LogP contribution in [0.2, 0.25) is 0 Å². The number of nitrogens with one attached hydrogen (secondary N) is 1. The van der Waals surface area contributed by atoms with Gasteiger partial charge in [-0.2, -0.15) is 0 Å². The lowest BCUT2D eigenvalue weighted by Gasteiger charge is -2.19. The highest BCUT2D eigenvalue weighted by Gasteiger charge is 2.21. The molecule has 0 saturated carbocycles. The van der Waals surface area contributed by atoms with Gasteiger partial charge in [-0.3, -0.25) is 4.79 Å². The van der Waals surface area contributed by atoms with Gasteiger partial charge in [-0.1, -0.05) is 48.0 Å². The fraction of sp³-hybridized carbons (Fsp3) is 0.190. The average molecular weight is 335 g/mol. The molecule has 4 heteroatoms. The van der Waals surface area contributed by atoms with Crippen LogP contribution in [0.4, 0.5) is 0 Å². The number of hydrogen-bond donors (Lipinski definition) is 2. The number of furan rings is 1. The number of benzene rings is 2. The Balaban J connectivity index is 1.81. The maximum absolute atomic E-state index is 12.5. The number of aryl methyl sites for hydroxylation is 1. The van der Waals surface area contributed by atoms with E-state index in [4.69, 9.17) is 4.42 Å². The van der Waals surface area contributed by atoms with E-state index in [1.54, 1.807) is 18.4 Å². The van der Waals surface area contributed by atoms with Crippen LogP contribution in [-0.2, 0) is 11.3 Å². The van der Waals surface area contributed by atoms with Gasteiger partial charge < -0.3 is 14.8 Å². The summed E-state index contributed by atoms with van der Waals surface area (Å²) in [4.78, 5) is 12.5. The third-order valence-electron chi connectivity index (χ3n) is 4.19. The van der Waals surface area contributed by atoms with E-state index in [1.165, 1.54) is 0 Å². The SMILES string of the molecule is Cc1ccc(O)c([C@H](CC(=O)NCc2ccco2)c2ccccc2)c1. The third-order valence-corrected chi connectivity index (χ3v) is 4.19. The summed E-state index contributed by atoms with van der Waals surface area (Å²) in [6.45, 7) is 2.33. The van der Waals surface area contributed by atoms with Crippen LogP contribution in [0.3, 0.4) is 0 Å². The van der Waals surface area contributed by atoms with Crippen molar-refractivity contribution < 1.29 is 14.3 Å². The molecule has 25 heavy (non-hydrogen) atoms. The minimum atomic E-state index is -0.210. The van der Waals surface area contributed by atoms with Crippen LogP contribution >= 0.6 is 0 Å². The van der Waals surface area contributed by atoms with Crippen LogP contribution in [0.1, 0.15) is 34.8 Å². The topological polar surface area (TPSA) is 62.5 Å². The Morgan fingerprint density at radius 1 is 1.12 bits per heavy atom. The monoisotopic (exact) mass is 335 g/mol. The second-order valence-electron chi connectivity index (χ2n) is 6.09. The fourth-order valence-corrected chi connectivity index (χ4v) is 2.90. The van der Waals surface area contributed by atoms with Crippen LogP contribution in [-0.4, -0.2) is 11.0 Å². The second kappa shape index (κ2) is 7.71. The number of amides is 1. The molecule has 4 nitrogen and oxygen atoms in total. The molecule has 128 valence electrons. The summed E-state index contributed by atoms with van der Waals surface area (Å²) in [5.41, 5.74) is 2.81. The van der Waals surface area contributed by atoms with Gasteiger partial charge in [0.05, 0.1) is 12.8 Å². The van der Waals surface area contributed by atoms with Crippen molar-refractivity contribution >= 4 is 5.91 Å². The first-order valence-electron chi connectivity index (χ1n) is 8.27. The van der Waals surface area contributed by atoms with E-state index in [-0.39, 0.29) is 24.0 Å². The first kappa shape index (κ1) is 16.8. The van der Waals surface area contributed by atoms with Crippen LogP contribution < -0.4 is 5.32 Å². The molecule has 0 saturated heterocycles. The molecular formula is C21H21NO3. The Bertz CT molecular complexity index is 826. The van der Waals surface area contributed by atoms with E-state index in [0.717, 1.165) is 16.7 Å². The van der Waals surface area contributed by atoms with E-state index < -0.39 is 0 Å². The minimum Gasteiger partial charge on any atom is -0.508 e. The second-order valence-corrected chi connectivity index (χ2v) is 6.09. The van der Waals surface area contributed by atoms with Crippen LogP contribution in [0.25, 0.3) is 0 Å². The summed E-state index contributed by atoms with van der Waals surface area (Å²) in [7, 11) is 0. The molecule has 2 N–H and O–H groups in total. The lowest BCUT2D eigenvalue weighted by atomic mass is 9.87. The van der Waals surface area contributed by atoms with E-state index in [0.29, 0.717) is 12.3 Å². The molecule has 0 aliphatic carbocycles. The van der Waals surface area contributed by atoms with Gasteiger partial charge in [-0.15, -0.1) is 0 Å². The van der Waals surface area contributed by atoms with Gasteiger partial charge in [-0.25, -0.2) is 0 Å². The van der Waals surface area contributed by atoms with Crippen molar-refractivity contribution in [2.75, 3.05) is 0 Å². The van der Waals surface area contributed by atoms with Crippen molar-refractivity contribution in [1.82, 2.24) is 5.32 Å². The molecule has 0 unspecified atom stereocenters. The standard InChI is InChI=1S/C21H21NO3/c1-15-9-10-20(23)19(12-15)18(16-6-3-2-4-7-16)13-21(24)22-14-17-8-5-11-25-17/h2-12,18,23H,13-14H2,1H3,(H,22,24)/t18-/m1/s1.